The predicted octanol–water partition coefficient (Wildman–Crippen LogP) is 4.30. The van der Waals surface area contributed by atoms with Gasteiger partial charge in [0.2, 0.25) is 0 Å². The van der Waals surface area contributed by atoms with E-state index in [0.717, 1.165) is 18.0 Å². The quantitative estimate of drug-likeness (QED) is 0.887. The molecular weight excluding hydrogens is 266 g/mol. The van der Waals surface area contributed by atoms with Gasteiger partial charge < -0.3 is 5.32 Å². The molecule has 2 heteroatoms. The topological polar surface area (TPSA) is 12.0 Å². The van der Waals surface area contributed by atoms with E-state index in [2.05, 4.69) is 42.6 Å². The molecule has 1 N–H and O–H groups in total. The molecule has 2 aromatic rings. The number of halogens is 1. The molecule has 2 aromatic carbocycles. The Kier molecular flexibility index (Phi) is 4.09. The lowest BCUT2D eigenvalue weighted by Crippen LogP contribution is -2.34. The van der Waals surface area contributed by atoms with Crippen molar-refractivity contribution in [3.8, 4) is 0 Å². The number of hydrogen-bond acceptors (Lipinski definition) is 1. The van der Waals surface area contributed by atoms with Crippen molar-refractivity contribution >= 4 is 11.6 Å². The Bertz CT molecular complexity index is 606. The molecule has 0 amide bonds. The van der Waals surface area contributed by atoms with Gasteiger partial charge in [0, 0.05) is 17.6 Å². The van der Waals surface area contributed by atoms with Crippen LogP contribution in [0.1, 0.15) is 28.7 Å². The first-order chi connectivity index (χ1) is 9.72. The number of nitrogens with one attached hydrogen (secondary N) is 1. The fourth-order valence-electron chi connectivity index (χ4n) is 2.98. The Hall–Kier alpha value is -1.31. The van der Waals surface area contributed by atoms with E-state index in [1.807, 2.05) is 12.1 Å². The van der Waals surface area contributed by atoms with Gasteiger partial charge in [0.25, 0.3) is 0 Å². The van der Waals surface area contributed by atoms with Crippen LogP contribution in [0.3, 0.4) is 0 Å². The average molecular weight is 286 g/mol. The van der Waals surface area contributed by atoms with E-state index in [4.69, 9.17) is 11.6 Å². The molecular formula is C18H20ClN. The molecule has 0 saturated carbocycles. The lowest BCUT2D eigenvalue weighted by Gasteiger charge is -2.26. The second-order valence-electron chi connectivity index (χ2n) is 5.66. The standard InChI is InChI=1S/C18H20ClN/c1-13-10-17(19)8-6-16(13)12-20-18-9-7-14-4-2-3-5-15(14)11-18/h2-6,8,10,18,20H,7,9,11-12H2,1H3. The number of fused-ring (bicyclic) bond motifs is 1. The molecule has 0 spiro atoms. The molecule has 1 nitrogen and oxygen atoms in total. The number of rotatable bonds is 3. The van der Waals surface area contributed by atoms with Crippen LogP contribution in [-0.4, -0.2) is 6.04 Å². The maximum atomic E-state index is 6.00. The van der Waals surface area contributed by atoms with Crippen LogP contribution in [0, 0.1) is 6.92 Å². The summed E-state index contributed by atoms with van der Waals surface area (Å²) in [4.78, 5) is 0. The van der Waals surface area contributed by atoms with Gasteiger partial charge in [-0.15, -0.1) is 0 Å². The summed E-state index contributed by atoms with van der Waals surface area (Å²) in [5, 5.41) is 4.51. The fourth-order valence-corrected chi connectivity index (χ4v) is 3.21. The zero-order chi connectivity index (χ0) is 13.9. The average Bonchev–Trinajstić information content (AvgIpc) is 2.46. The molecule has 0 saturated heterocycles. The van der Waals surface area contributed by atoms with Gasteiger partial charge in [0.05, 0.1) is 0 Å². The highest BCUT2D eigenvalue weighted by Gasteiger charge is 2.17. The molecule has 1 unspecified atom stereocenters. The predicted molar refractivity (Wildman–Crippen MR) is 85.3 cm³/mol. The molecule has 104 valence electrons. The molecule has 20 heavy (non-hydrogen) atoms. The normalized spacial score (nSPS) is 17.8. The van der Waals surface area contributed by atoms with E-state index in [1.165, 1.54) is 35.1 Å². The summed E-state index contributed by atoms with van der Waals surface area (Å²) < 4.78 is 0. The van der Waals surface area contributed by atoms with Crippen LogP contribution in [-0.2, 0) is 19.4 Å². The van der Waals surface area contributed by atoms with E-state index in [1.54, 1.807) is 0 Å². The summed E-state index contributed by atoms with van der Waals surface area (Å²) in [6.45, 7) is 3.05. The second kappa shape index (κ2) is 5.99. The molecule has 1 atom stereocenters. The van der Waals surface area contributed by atoms with Gasteiger partial charge >= 0.3 is 0 Å². The zero-order valence-electron chi connectivity index (χ0n) is 11.8. The van der Waals surface area contributed by atoms with Crippen LogP contribution >= 0.6 is 11.6 Å². The number of aryl methyl sites for hydroxylation is 2. The first-order valence-corrected chi connectivity index (χ1v) is 7.65. The summed E-state index contributed by atoms with van der Waals surface area (Å²) in [6, 6.07) is 15.5. The van der Waals surface area contributed by atoms with Crippen LogP contribution in [0.5, 0.6) is 0 Å². The molecule has 0 aromatic heterocycles. The van der Waals surface area contributed by atoms with Crippen molar-refractivity contribution in [3.05, 3.63) is 69.7 Å². The summed E-state index contributed by atoms with van der Waals surface area (Å²) in [5.41, 5.74) is 5.63. The van der Waals surface area contributed by atoms with E-state index >= 15 is 0 Å². The third-order valence-electron chi connectivity index (χ3n) is 4.23. The fraction of sp³-hybridized carbons (Fsp3) is 0.333. The smallest absolute Gasteiger partial charge is 0.0408 e. The minimum atomic E-state index is 0.583. The highest BCUT2D eigenvalue weighted by atomic mass is 35.5. The monoisotopic (exact) mass is 285 g/mol. The van der Waals surface area contributed by atoms with Crippen LogP contribution in [0.15, 0.2) is 42.5 Å². The van der Waals surface area contributed by atoms with E-state index in [9.17, 15) is 0 Å². The summed E-state index contributed by atoms with van der Waals surface area (Å²) in [5.74, 6) is 0. The summed E-state index contributed by atoms with van der Waals surface area (Å²) in [7, 11) is 0. The molecule has 1 aliphatic carbocycles. The zero-order valence-corrected chi connectivity index (χ0v) is 12.6. The highest BCUT2D eigenvalue weighted by molar-refractivity contribution is 6.30. The van der Waals surface area contributed by atoms with Crippen molar-refractivity contribution in [1.29, 1.82) is 0 Å². The van der Waals surface area contributed by atoms with Crippen molar-refractivity contribution in [2.45, 2.75) is 38.8 Å². The highest BCUT2D eigenvalue weighted by Crippen LogP contribution is 2.22. The maximum Gasteiger partial charge on any atom is 0.0408 e. The SMILES string of the molecule is Cc1cc(Cl)ccc1CNC1CCc2ccccc2C1. The van der Waals surface area contributed by atoms with Crippen LogP contribution < -0.4 is 5.32 Å². The minimum absolute atomic E-state index is 0.583. The Labute approximate surface area is 126 Å². The number of hydrogen-bond donors (Lipinski definition) is 1. The largest absolute Gasteiger partial charge is 0.310 e. The number of benzene rings is 2. The third-order valence-corrected chi connectivity index (χ3v) is 4.47. The maximum absolute atomic E-state index is 6.00. The van der Waals surface area contributed by atoms with Gasteiger partial charge in [-0.3, -0.25) is 0 Å². The van der Waals surface area contributed by atoms with Crippen molar-refractivity contribution < 1.29 is 0 Å². The molecule has 0 radical (unpaired) electrons. The molecule has 0 aliphatic heterocycles. The van der Waals surface area contributed by atoms with Gasteiger partial charge in [0.1, 0.15) is 0 Å². The van der Waals surface area contributed by atoms with Gasteiger partial charge in [-0.2, -0.15) is 0 Å². The van der Waals surface area contributed by atoms with Crippen molar-refractivity contribution in [3.63, 3.8) is 0 Å². The van der Waals surface area contributed by atoms with Gasteiger partial charge in [-0.05, 0) is 60.6 Å². The third kappa shape index (κ3) is 3.05. The van der Waals surface area contributed by atoms with Crippen molar-refractivity contribution in [2.75, 3.05) is 0 Å². The van der Waals surface area contributed by atoms with Crippen LogP contribution in [0.4, 0.5) is 0 Å². The van der Waals surface area contributed by atoms with Gasteiger partial charge in [-0.1, -0.05) is 41.9 Å². The summed E-state index contributed by atoms with van der Waals surface area (Å²) in [6.07, 6.45) is 3.56. The first-order valence-electron chi connectivity index (χ1n) is 7.27. The van der Waals surface area contributed by atoms with Gasteiger partial charge in [0.15, 0.2) is 0 Å². The van der Waals surface area contributed by atoms with E-state index in [-0.39, 0.29) is 0 Å². The molecule has 3 rings (SSSR count). The lowest BCUT2D eigenvalue weighted by molar-refractivity contribution is 0.457. The van der Waals surface area contributed by atoms with E-state index in [0.29, 0.717) is 6.04 Å². The lowest BCUT2D eigenvalue weighted by atomic mass is 9.88. The Morgan fingerprint density at radius 1 is 1.15 bits per heavy atom. The molecule has 0 heterocycles. The Morgan fingerprint density at radius 2 is 1.95 bits per heavy atom. The first kappa shape index (κ1) is 13.7. The summed E-state index contributed by atoms with van der Waals surface area (Å²) >= 11 is 6.00. The van der Waals surface area contributed by atoms with Crippen molar-refractivity contribution in [1.82, 2.24) is 5.32 Å². The Morgan fingerprint density at radius 3 is 2.75 bits per heavy atom. The second-order valence-corrected chi connectivity index (χ2v) is 6.10. The molecule has 0 bridgehead atoms. The van der Waals surface area contributed by atoms with Gasteiger partial charge in [-0.25, -0.2) is 0 Å². The van der Waals surface area contributed by atoms with Crippen molar-refractivity contribution in [2.24, 2.45) is 0 Å². The molecule has 0 fully saturated rings. The molecule has 1 aliphatic rings. The van der Waals surface area contributed by atoms with Crippen LogP contribution in [0.2, 0.25) is 5.02 Å². The van der Waals surface area contributed by atoms with Crippen LogP contribution in [0.25, 0.3) is 0 Å². The minimum Gasteiger partial charge on any atom is -0.310 e. The Balaban J connectivity index is 1.63. The van der Waals surface area contributed by atoms with E-state index < -0.39 is 0 Å².